The van der Waals surface area contributed by atoms with Crippen molar-refractivity contribution >= 4 is 43.0 Å². The van der Waals surface area contributed by atoms with Gasteiger partial charge in [-0.2, -0.15) is 12.6 Å². The molecule has 0 aliphatic heterocycles. The van der Waals surface area contributed by atoms with Crippen LogP contribution >= 0.6 is 12.6 Å². The van der Waals surface area contributed by atoms with Crippen molar-refractivity contribution in [3.8, 4) is 0 Å². The Morgan fingerprint density at radius 1 is 1.83 bits per heavy atom. The molecule has 0 aromatic rings. The van der Waals surface area contributed by atoms with E-state index in [1.165, 1.54) is 0 Å². The average Bonchev–Trinajstić information content (AvgIpc) is 1.38. The molecule has 0 bridgehead atoms. The Morgan fingerprint density at radius 3 is 2.00 bits per heavy atom. The molecule has 0 aliphatic rings. The van der Waals surface area contributed by atoms with Gasteiger partial charge < -0.3 is 5.11 Å². The molecule has 0 atom stereocenters. The van der Waals surface area contributed by atoms with E-state index in [0.29, 0.717) is 0 Å². The van der Waals surface area contributed by atoms with Crippen molar-refractivity contribution in [3.63, 3.8) is 0 Å². The third kappa shape index (κ3) is 8.82. The summed E-state index contributed by atoms with van der Waals surface area (Å²) >= 11 is 3.42. The summed E-state index contributed by atoms with van der Waals surface area (Å²) in [5, 5.41) is 7.65. The summed E-state index contributed by atoms with van der Waals surface area (Å²) in [6.07, 6.45) is 0. The Hall–Kier alpha value is 0.638. The summed E-state index contributed by atoms with van der Waals surface area (Å²) in [4.78, 5) is 9.29. The number of hydrogen-bond donors (Lipinski definition) is 2. The number of carboxylic acids is 1. The minimum absolute atomic E-state index is 0. The van der Waals surface area contributed by atoms with E-state index in [0.717, 1.165) is 0 Å². The summed E-state index contributed by atoms with van der Waals surface area (Å²) in [5.74, 6) is -0.965. The van der Waals surface area contributed by atoms with E-state index in [1.54, 1.807) is 0 Å². The molecule has 6 heavy (non-hydrogen) atoms. The second kappa shape index (κ2) is 5.64. The molecule has 0 aliphatic carbocycles. The second-order valence-corrected chi connectivity index (χ2v) is 0.868. The van der Waals surface area contributed by atoms with Crippen molar-refractivity contribution in [2.75, 3.05) is 5.75 Å². The van der Waals surface area contributed by atoms with Crippen LogP contribution < -0.4 is 0 Å². The van der Waals surface area contributed by atoms with Crippen LogP contribution in [0.4, 0.5) is 0 Å². The monoisotopic (exact) mass is 216 g/mol. The molecule has 0 heterocycles. The molecule has 0 rings (SSSR count). The first-order valence-corrected chi connectivity index (χ1v) is 1.73. The van der Waals surface area contributed by atoms with Crippen LogP contribution in [0.1, 0.15) is 0 Å². The molecular weight excluding hydrogens is 210 g/mol. The molecule has 0 spiro atoms. The van der Waals surface area contributed by atoms with Gasteiger partial charge in [-0.15, -0.1) is 0 Å². The van der Waals surface area contributed by atoms with Gasteiger partial charge in [0, 0.05) is 0 Å². The molecule has 0 saturated carbocycles. The molecule has 0 unspecified atom stereocenters. The van der Waals surface area contributed by atoms with Gasteiger partial charge in [0.25, 0.3) is 0 Å². The van der Waals surface area contributed by atoms with Crippen LogP contribution in [0.25, 0.3) is 0 Å². The number of hydrogen-bond acceptors (Lipinski definition) is 2. The van der Waals surface area contributed by atoms with Crippen LogP contribution in [-0.4, -0.2) is 41.3 Å². The van der Waals surface area contributed by atoms with Crippen LogP contribution in [0.5, 0.6) is 0 Å². The molecule has 0 fully saturated rings. The molecular formula is C2H7O2SSb. The summed E-state index contributed by atoms with van der Waals surface area (Å²) < 4.78 is 0. The Morgan fingerprint density at radius 2 is 2.00 bits per heavy atom. The van der Waals surface area contributed by atoms with E-state index in [9.17, 15) is 4.79 Å². The van der Waals surface area contributed by atoms with E-state index in [2.05, 4.69) is 12.6 Å². The predicted octanol–water partition coefficient (Wildman–Crippen LogP) is -1.18. The molecule has 0 aromatic heterocycles. The number of carbonyl (C=O) groups is 1. The van der Waals surface area contributed by atoms with E-state index in [-0.39, 0.29) is 30.2 Å². The first-order chi connectivity index (χ1) is 2.27. The fourth-order valence-electron chi connectivity index (χ4n) is 0. The fraction of sp³-hybridized carbons (Fsp3) is 0.500. The van der Waals surface area contributed by atoms with E-state index in [4.69, 9.17) is 5.11 Å². The summed E-state index contributed by atoms with van der Waals surface area (Å²) in [7, 11) is 0. The van der Waals surface area contributed by atoms with Crippen molar-refractivity contribution < 1.29 is 9.90 Å². The molecule has 0 aromatic carbocycles. The fourth-order valence-corrected chi connectivity index (χ4v) is 0. The van der Waals surface area contributed by atoms with Gasteiger partial charge in [0.2, 0.25) is 0 Å². The summed E-state index contributed by atoms with van der Waals surface area (Å²) in [5.41, 5.74) is 0. The van der Waals surface area contributed by atoms with Crippen LogP contribution in [0.3, 0.4) is 0 Å². The number of thiol groups is 1. The zero-order valence-corrected chi connectivity index (χ0v) is 8.15. The van der Waals surface area contributed by atoms with Crippen molar-refractivity contribution in [3.05, 3.63) is 0 Å². The molecule has 0 saturated heterocycles. The zero-order chi connectivity index (χ0) is 4.28. The maximum atomic E-state index is 9.29. The molecule has 4 heteroatoms. The zero-order valence-electron chi connectivity index (χ0n) is 3.22. The van der Waals surface area contributed by atoms with E-state index < -0.39 is 5.97 Å². The second-order valence-electron chi connectivity index (χ2n) is 0.552. The van der Waals surface area contributed by atoms with Gasteiger partial charge >= 0.3 is 30.4 Å². The number of rotatable bonds is 1. The molecule has 2 nitrogen and oxygen atoms in total. The van der Waals surface area contributed by atoms with Crippen molar-refractivity contribution in [1.82, 2.24) is 0 Å². The molecule has 38 valence electrons. The Labute approximate surface area is 58.8 Å². The average molecular weight is 217 g/mol. The minimum atomic E-state index is -0.881. The third-order valence-corrected chi connectivity index (χ3v) is 0.406. The summed E-state index contributed by atoms with van der Waals surface area (Å²) in [6, 6.07) is 0. The molecule has 0 radical (unpaired) electrons. The van der Waals surface area contributed by atoms with Crippen molar-refractivity contribution in [1.29, 1.82) is 0 Å². The predicted molar refractivity (Wildman–Crippen MR) is 31.4 cm³/mol. The SMILES string of the molecule is O=C(O)CS.[SbH3]. The summed E-state index contributed by atoms with van der Waals surface area (Å²) in [6.45, 7) is 0. The quantitative estimate of drug-likeness (QED) is 0.428. The normalized spacial score (nSPS) is 6.17. The first kappa shape index (κ1) is 9.81. The van der Waals surface area contributed by atoms with Crippen LogP contribution in [0.15, 0.2) is 0 Å². The Kier molecular flexibility index (Phi) is 9.22. The van der Waals surface area contributed by atoms with E-state index >= 15 is 0 Å². The van der Waals surface area contributed by atoms with Gasteiger partial charge in [-0.3, -0.25) is 4.79 Å². The van der Waals surface area contributed by atoms with E-state index in [1.807, 2.05) is 0 Å². The molecule has 1 N–H and O–H groups in total. The van der Waals surface area contributed by atoms with Crippen LogP contribution in [0.2, 0.25) is 0 Å². The Balaban J connectivity index is 0. The van der Waals surface area contributed by atoms with Crippen molar-refractivity contribution in [2.45, 2.75) is 0 Å². The van der Waals surface area contributed by atoms with Gasteiger partial charge in [-0.1, -0.05) is 0 Å². The van der Waals surface area contributed by atoms with Crippen LogP contribution in [-0.2, 0) is 4.79 Å². The Bertz CT molecular complexity index is 46.8. The van der Waals surface area contributed by atoms with Gasteiger partial charge in [-0.05, 0) is 0 Å². The van der Waals surface area contributed by atoms with Gasteiger partial charge in [0.1, 0.15) is 0 Å². The van der Waals surface area contributed by atoms with Crippen molar-refractivity contribution in [2.24, 2.45) is 0 Å². The van der Waals surface area contributed by atoms with Gasteiger partial charge in [0.05, 0.1) is 5.75 Å². The van der Waals surface area contributed by atoms with Gasteiger partial charge in [0.15, 0.2) is 0 Å². The van der Waals surface area contributed by atoms with Crippen LogP contribution in [0, 0.1) is 0 Å². The van der Waals surface area contributed by atoms with Gasteiger partial charge in [-0.25, -0.2) is 0 Å². The first-order valence-electron chi connectivity index (χ1n) is 1.10. The molecule has 0 amide bonds. The maximum absolute atomic E-state index is 9.29. The number of aliphatic carboxylic acids is 1. The third-order valence-electron chi connectivity index (χ3n) is 0.135. The topological polar surface area (TPSA) is 37.3 Å². The number of carboxylic acid groups (broad SMARTS) is 1. The standard InChI is InChI=1S/C2H4O2S.Sb.3H/c3-2(4)1-5;;;;/h5H,1H2,(H,3,4);;;;.